The van der Waals surface area contributed by atoms with Crippen molar-refractivity contribution in [1.29, 1.82) is 0 Å². The first-order valence-electron chi connectivity index (χ1n) is 6.89. The van der Waals surface area contributed by atoms with Gasteiger partial charge in [0.15, 0.2) is 0 Å². The Morgan fingerprint density at radius 2 is 2.00 bits per heavy atom. The van der Waals surface area contributed by atoms with Gasteiger partial charge in [0.1, 0.15) is 6.26 Å². The zero-order valence-corrected chi connectivity index (χ0v) is 11.6. The molecule has 2 aromatic rings. The van der Waals surface area contributed by atoms with Gasteiger partial charge in [-0.3, -0.25) is 4.79 Å². The molecule has 1 aliphatic rings. The van der Waals surface area contributed by atoms with E-state index in [4.69, 9.17) is 4.42 Å². The number of benzene rings is 1. The molecule has 4 nitrogen and oxygen atoms in total. The number of hydrogen-bond acceptors (Lipinski definition) is 3. The molecule has 20 heavy (non-hydrogen) atoms. The molecular weight excluding hydrogens is 254 g/mol. The first kappa shape index (κ1) is 12.9. The molecular formula is C16H17NO3. The van der Waals surface area contributed by atoms with E-state index >= 15 is 0 Å². The molecule has 1 saturated carbocycles. The summed E-state index contributed by atoms with van der Waals surface area (Å²) >= 11 is 0. The molecule has 1 aromatic heterocycles. The molecule has 1 aliphatic carbocycles. The van der Waals surface area contributed by atoms with E-state index in [-0.39, 0.29) is 11.9 Å². The van der Waals surface area contributed by atoms with Gasteiger partial charge in [-0.15, -0.1) is 0 Å². The molecule has 0 unspecified atom stereocenters. The molecule has 0 aliphatic heterocycles. The first-order valence-corrected chi connectivity index (χ1v) is 6.89. The van der Waals surface area contributed by atoms with Gasteiger partial charge < -0.3 is 9.73 Å². The van der Waals surface area contributed by atoms with Crippen LogP contribution in [0.25, 0.3) is 10.8 Å². The molecule has 1 heterocycles. The van der Waals surface area contributed by atoms with Crippen molar-refractivity contribution in [3.63, 3.8) is 0 Å². The minimum atomic E-state index is -0.413. The standard InChI is InChI=1S/C16H17NO3/c1-9(2)12-7-14(12)17-15(18)13-8-20-16(19)11-6-4-3-5-10(11)13/h3-6,8-9,12,14H,7H2,1-2H3,(H,17,18)/t12-,14+/m0/s1. The molecule has 2 atom stereocenters. The Morgan fingerprint density at radius 3 is 2.65 bits per heavy atom. The second kappa shape index (κ2) is 4.78. The van der Waals surface area contributed by atoms with Crippen LogP contribution in [0.4, 0.5) is 0 Å². The lowest BCUT2D eigenvalue weighted by Crippen LogP contribution is -2.28. The zero-order valence-electron chi connectivity index (χ0n) is 11.6. The summed E-state index contributed by atoms with van der Waals surface area (Å²) in [6.07, 6.45) is 2.28. The van der Waals surface area contributed by atoms with Crippen LogP contribution in [0.1, 0.15) is 30.6 Å². The van der Waals surface area contributed by atoms with Crippen LogP contribution >= 0.6 is 0 Å². The maximum absolute atomic E-state index is 12.3. The van der Waals surface area contributed by atoms with Crippen molar-refractivity contribution in [3.8, 4) is 0 Å². The van der Waals surface area contributed by atoms with E-state index in [1.165, 1.54) is 6.26 Å². The second-order valence-electron chi connectivity index (χ2n) is 5.71. The van der Waals surface area contributed by atoms with Crippen molar-refractivity contribution < 1.29 is 9.21 Å². The topological polar surface area (TPSA) is 59.3 Å². The average molecular weight is 271 g/mol. The predicted octanol–water partition coefficient (Wildman–Crippen LogP) is 2.57. The Morgan fingerprint density at radius 1 is 1.30 bits per heavy atom. The van der Waals surface area contributed by atoms with Gasteiger partial charge in [0.2, 0.25) is 0 Å². The fourth-order valence-electron chi connectivity index (χ4n) is 2.67. The molecule has 1 N–H and O–H groups in total. The van der Waals surface area contributed by atoms with Gasteiger partial charge in [-0.05, 0) is 24.3 Å². The molecule has 104 valence electrons. The zero-order chi connectivity index (χ0) is 14.3. The highest BCUT2D eigenvalue weighted by atomic mass is 16.4. The first-order chi connectivity index (χ1) is 9.58. The predicted molar refractivity (Wildman–Crippen MR) is 76.7 cm³/mol. The van der Waals surface area contributed by atoms with Gasteiger partial charge in [0, 0.05) is 11.4 Å². The van der Waals surface area contributed by atoms with E-state index in [0.29, 0.717) is 28.2 Å². The van der Waals surface area contributed by atoms with Crippen molar-refractivity contribution in [2.75, 3.05) is 0 Å². The SMILES string of the molecule is CC(C)[C@@H]1C[C@H]1NC(=O)c1coc(=O)c2ccccc12. The number of carbonyl (C=O) groups is 1. The van der Waals surface area contributed by atoms with Gasteiger partial charge in [-0.1, -0.05) is 32.0 Å². The molecule has 0 radical (unpaired) electrons. The fourth-order valence-corrected chi connectivity index (χ4v) is 2.67. The van der Waals surface area contributed by atoms with Crippen molar-refractivity contribution in [2.45, 2.75) is 26.3 Å². The second-order valence-corrected chi connectivity index (χ2v) is 5.71. The molecule has 3 rings (SSSR count). The van der Waals surface area contributed by atoms with Crippen LogP contribution < -0.4 is 10.9 Å². The van der Waals surface area contributed by atoms with Crippen LogP contribution in [-0.2, 0) is 0 Å². The minimum Gasteiger partial charge on any atom is -0.430 e. The van der Waals surface area contributed by atoms with Crippen molar-refractivity contribution in [1.82, 2.24) is 5.32 Å². The van der Waals surface area contributed by atoms with Gasteiger partial charge in [0.05, 0.1) is 10.9 Å². The van der Waals surface area contributed by atoms with Crippen LogP contribution in [0, 0.1) is 11.8 Å². The third kappa shape index (κ3) is 2.22. The average Bonchev–Trinajstić information content (AvgIpc) is 3.19. The van der Waals surface area contributed by atoms with E-state index in [1.54, 1.807) is 18.2 Å². The third-order valence-electron chi connectivity index (χ3n) is 3.98. The van der Waals surface area contributed by atoms with Gasteiger partial charge in [0.25, 0.3) is 5.91 Å². The maximum atomic E-state index is 12.3. The van der Waals surface area contributed by atoms with E-state index in [9.17, 15) is 9.59 Å². The summed E-state index contributed by atoms with van der Waals surface area (Å²) in [5.74, 6) is 0.963. The molecule has 1 fully saturated rings. The smallest absolute Gasteiger partial charge is 0.343 e. The van der Waals surface area contributed by atoms with E-state index in [1.807, 2.05) is 6.07 Å². The summed E-state index contributed by atoms with van der Waals surface area (Å²) < 4.78 is 4.95. The summed E-state index contributed by atoms with van der Waals surface area (Å²) in [4.78, 5) is 23.9. The summed E-state index contributed by atoms with van der Waals surface area (Å²) in [5, 5.41) is 4.09. The quantitative estimate of drug-likeness (QED) is 0.933. The number of amides is 1. The molecule has 0 saturated heterocycles. The lowest BCUT2D eigenvalue weighted by atomic mass is 10.1. The van der Waals surface area contributed by atoms with E-state index < -0.39 is 5.63 Å². The fraction of sp³-hybridized carbons (Fsp3) is 0.375. The highest BCUT2D eigenvalue weighted by Crippen LogP contribution is 2.37. The molecule has 4 heteroatoms. The Kier molecular flexibility index (Phi) is 3.08. The van der Waals surface area contributed by atoms with Crippen LogP contribution in [0.3, 0.4) is 0 Å². The summed E-state index contributed by atoms with van der Waals surface area (Å²) in [7, 11) is 0. The normalized spacial score (nSPS) is 21.1. The molecule has 0 spiro atoms. The summed E-state index contributed by atoms with van der Waals surface area (Å²) in [5.41, 5.74) is 0.0123. The van der Waals surface area contributed by atoms with Crippen molar-refractivity contribution in [2.24, 2.45) is 11.8 Å². The lowest BCUT2D eigenvalue weighted by Gasteiger charge is -2.08. The Labute approximate surface area is 116 Å². The van der Waals surface area contributed by atoms with Crippen LogP contribution in [0.15, 0.2) is 39.7 Å². The van der Waals surface area contributed by atoms with Crippen molar-refractivity contribution in [3.05, 3.63) is 46.5 Å². The number of nitrogens with one attached hydrogen (secondary N) is 1. The number of hydrogen-bond donors (Lipinski definition) is 1. The highest BCUT2D eigenvalue weighted by molar-refractivity contribution is 6.06. The van der Waals surface area contributed by atoms with E-state index in [0.717, 1.165) is 6.42 Å². The lowest BCUT2D eigenvalue weighted by molar-refractivity contribution is 0.0947. The molecule has 1 aromatic carbocycles. The van der Waals surface area contributed by atoms with Crippen molar-refractivity contribution >= 4 is 16.7 Å². The Hall–Kier alpha value is -2.10. The number of rotatable bonds is 3. The third-order valence-corrected chi connectivity index (χ3v) is 3.98. The molecule has 1 amide bonds. The summed E-state index contributed by atoms with van der Waals surface area (Å²) in [6.45, 7) is 4.32. The van der Waals surface area contributed by atoms with Gasteiger partial charge in [-0.25, -0.2) is 4.79 Å². The Balaban J connectivity index is 1.89. The maximum Gasteiger partial charge on any atom is 0.343 e. The van der Waals surface area contributed by atoms with Gasteiger partial charge in [-0.2, -0.15) is 0 Å². The molecule has 0 bridgehead atoms. The largest absolute Gasteiger partial charge is 0.430 e. The van der Waals surface area contributed by atoms with E-state index in [2.05, 4.69) is 19.2 Å². The minimum absolute atomic E-state index is 0.168. The van der Waals surface area contributed by atoms with Crippen LogP contribution in [0.2, 0.25) is 0 Å². The highest BCUT2D eigenvalue weighted by Gasteiger charge is 2.40. The number of fused-ring (bicyclic) bond motifs is 1. The van der Waals surface area contributed by atoms with Crippen LogP contribution in [0.5, 0.6) is 0 Å². The monoisotopic (exact) mass is 271 g/mol. The van der Waals surface area contributed by atoms with Gasteiger partial charge >= 0.3 is 5.63 Å². The summed E-state index contributed by atoms with van der Waals surface area (Å²) in [6, 6.07) is 7.26. The number of carbonyl (C=O) groups excluding carboxylic acids is 1. The van der Waals surface area contributed by atoms with Crippen LogP contribution in [-0.4, -0.2) is 11.9 Å². The Bertz CT molecular complexity index is 717.